The topological polar surface area (TPSA) is 97.9 Å². The van der Waals surface area contributed by atoms with Crippen molar-refractivity contribution >= 4 is 11.8 Å². The molecule has 9 heteroatoms. The number of nitrogens with one attached hydrogen (secondary N) is 1. The highest BCUT2D eigenvalue weighted by Gasteiger charge is 2.35. The van der Waals surface area contributed by atoms with E-state index >= 15 is 0 Å². The second-order valence-corrected chi connectivity index (χ2v) is 7.44. The third-order valence-electron chi connectivity index (χ3n) is 5.49. The Hall–Kier alpha value is -2.71. The first-order chi connectivity index (χ1) is 13.1. The lowest BCUT2D eigenvalue weighted by molar-refractivity contribution is -0.138. The van der Waals surface area contributed by atoms with Crippen molar-refractivity contribution in [1.29, 1.82) is 0 Å². The lowest BCUT2D eigenvalue weighted by Gasteiger charge is -2.35. The zero-order valence-electron chi connectivity index (χ0n) is 15.5. The minimum Gasteiger partial charge on any atom is -0.352 e. The Balaban J connectivity index is 1.26. The molecular weight excluding hydrogens is 346 g/mol. The third kappa shape index (κ3) is 3.86. The fourth-order valence-corrected chi connectivity index (χ4v) is 3.83. The molecule has 1 saturated carbocycles. The van der Waals surface area contributed by atoms with Gasteiger partial charge in [0.15, 0.2) is 5.82 Å². The standard InChI is InChI=1S/C18H25N7O2/c1-23-15(11-25-8-4-6-19-25)21-22-18(23)13-9-14(10-13)20-16(26)12-24-7-3-2-5-17(24)27/h4,6,8,13-14H,2-3,5,7,9-12H2,1H3,(H,20,26). The van der Waals surface area contributed by atoms with Crippen molar-refractivity contribution in [3.8, 4) is 0 Å². The monoisotopic (exact) mass is 371 g/mol. The molecular formula is C18H25N7O2. The van der Waals surface area contributed by atoms with E-state index < -0.39 is 0 Å². The Morgan fingerprint density at radius 3 is 2.89 bits per heavy atom. The normalized spacial score (nSPS) is 22.6. The van der Waals surface area contributed by atoms with Crippen molar-refractivity contribution in [2.75, 3.05) is 13.1 Å². The van der Waals surface area contributed by atoms with Gasteiger partial charge in [0, 0.05) is 44.4 Å². The number of carbonyl (C=O) groups excluding carboxylic acids is 2. The first-order valence-corrected chi connectivity index (χ1v) is 9.53. The van der Waals surface area contributed by atoms with Crippen LogP contribution in [0.25, 0.3) is 0 Å². The second kappa shape index (κ2) is 7.50. The van der Waals surface area contributed by atoms with E-state index in [0.717, 1.165) is 37.3 Å². The van der Waals surface area contributed by atoms with Gasteiger partial charge in [0.2, 0.25) is 11.8 Å². The maximum atomic E-state index is 12.2. The van der Waals surface area contributed by atoms with Crippen LogP contribution in [-0.4, -0.2) is 60.4 Å². The molecule has 0 bridgehead atoms. The highest BCUT2D eigenvalue weighted by Crippen LogP contribution is 2.35. The number of rotatable bonds is 6. The molecule has 0 unspecified atom stereocenters. The molecule has 0 atom stereocenters. The molecule has 0 aromatic carbocycles. The number of hydrogen-bond acceptors (Lipinski definition) is 5. The molecule has 1 aliphatic carbocycles. The SMILES string of the molecule is Cn1c(Cn2cccn2)nnc1C1CC(NC(=O)CN2CCCCC2=O)C1. The molecule has 1 saturated heterocycles. The molecule has 2 aromatic rings. The van der Waals surface area contributed by atoms with Crippen LogP contribution in [0.3, 0.4) is 0 Å². The van der Waals surface area contributed by atoms with E-state index in [1.165, 1.54) is 0 Å². The lowest BCUT2D eigenvalue weighted by atomic mass is 9.79. The first-order valence-electron chi connectivity index (χ1n) is 9.53. The molecule has 1 aliphatic heterocycles. The average Bonchev–Trinajstić information content (AvgIpc) is 3.24. The Labute approximate surface area is 157 Å². The van der Waals surface area contributed by atoms with Gasteiger partial charge in [0.05, 0.1) is 6.54 Å². The predicted molar refractivity (Wildman–Crippen MR) is 96.7 cm³/mol. The Bertz CT molecular complexity index is 808. The van der Waals surface area contributed by atoms with E-state index in [4.69, 9.17) is 0 Å². The summed E-state index contributed by atoms with van der Waals surface area (Å²) in [7, 11) is 1.97. The summed E-state index contributed by atoms with van der Waals surface area (Å²) in [5, 5.41) is 15.9. The van der Waals surface area contributed by atoms with Crippen LogP contribution in [0, 0.1) is 0 Å². The summed E-state index contributed by atoms with van der Waals surface area (Å²) in [4.78, 5) is 25.7. The van der Waals surface area contributed by atoms with Gasteiger partial charge in [0.25, 0.3) is 0 Å². The van der Waals surface area contributed by atoms with Crippen LogP contribution >= 0.6 is 0 Å². The molecule has 144 valence electrons. The maximum Gasteiger partial charge on any atom is 0.239 e. The van der Waals surface area contributed by atoms with E-state index in [2.05, 4.69) is 20.6 Å². The number of aromatic nitrogens is 5. The highest BCUT2D eigenvalue weighted by atomic mass is 16.2. The lowest BCUT2D eigenvalue weighted by Crippen LogP contribution is -2.49. The molecule has 2 amide bonds. The molecule has 0 spiro atoms. The zero-order valence-corrected chi connectivity index (χ0v) is 15.5. The van der Waals surface area contributed by atoms with Gasteiger partial charge < -0.3 is 14.8 Å². The number of nitrogens with zero attached hydrogens (tertiary/aromatic N) is 6. The highest BCUT2D eigenvalue weighted by molar-refractivity contribution is 5.85. The van der Waals surface area contributed by atoms with Crippen LogP contribution in [-0.2, 0) is 23.2 Å². The minimum atomic E-state index is -0.0639. The van der Waals surface area contributed by atoms with Gasteiger partial charge in [-0.05, 0) is 31.7 Å². The fourth-order valence-electron chi connectivity index (χ4n) is 3.83. The van der Waals surface area contributed by atoms with Crippen molar-refractivity contribution in [2.45, 2.75) is 50.6 Å². The second-order valence-electron chi connectivity index (χ2n) is 7.44. The Morgan fingerprint density at radius 1 is 1.30 bits per heavy atom. The number of amides is 2. The van der Waals surface area contributed by atoms with Crippen molar-refractivity contribution in [3.63, 3.8) is 0 Å². The van der Waals surface area contributed by atoms with E-state index in [-0.39, 0.29) is 24.4 Å². The van der Waals surface area contributed by atoms with Crippen LogP contribution in [0.1, 0.15) is 49.7 Å². The molecule has 1 N–H and O–H groups in total. The summed E-state index contributed by atoms with van der Waals surface area (Å²) in [6.07, 6.45) is 7.83. The average molecular weight is 371 g/mol. The van der Waals surface area contributed by atoms with Crippen molar-refractivity contribution in [2.24, 2.45) is 7.05 Å². The van der Waals surface area contributed by atoms with E-state index in [0.29, 0.717) is 25.4 Å². The van der Waals surface area contributed by atoms with Gasteiger partial charge in [-0.15, -0.1) is 10.2 Å². The van der Waals surface area contributed by atoms with Crippen LogP contribution in [0.15, 0.2) is 18.5 Å². The molecule has 0 radical (unpaired) electrons. The van der Waals surface area contributed by atoms with Crippen molar-refractivity contribution in [3.05, 3.63) is 30.1 Å². The van der Waals surface area contributed by atoms with Gasteiger partial charge >= 0.3 is 0 Å². The molecule has 4 rings (SSSR count). The summed E-state index contributed by atoms with van der Waals surface area (Å²) < 4.78 is 3.84. The smallest absolute Gasteiger partial charge is 0.239 e. The van der Waals surface area contributed by atoms with E-state index in [1.54, 1.807) is 11.1 Å². The quantitative estimate of drug-likeness (QED) is 0.794. The van der Waals surface area contributed by atoms with Gasteiger partial charge in [-0.25, -0.2) is 0 Å². The summed E-state index contributed by atoms with van der Waals surface area (Å²) in [5.41, 5.74) is 0. The molecule has 3 heterocycles. The molecule has 27 heavy (non-hydrogen) atoms. The summed E-state index contributed by atoms with van der Waals surface area (Å²) in [6, 6.07) is 2.03. The van der Waals surface area contributed by atoms with Gasteiger partial charge in [-0.3, -0.25) is 14.3 Å². The Morgan fingerprint density at radius 2 is 2.15 bits per heavy atom. The zero-order chi connectivity index (χ0) is 18.8. The van der Waals surface area contributed by atoms with Gasteiger partial charge in [0.1, 0.15) is 12.4 Å². The minimum absolute atomic E-state index is 0.0639. The first kappa shape index (κ1) is 17.7. The molecule has 9 nitrogen and oxygen atoms in total. The number of likely N-dealkylation sites (tertiary alicyclic amines) is 1. The predicted octanol–water partition coefficient (Wildman–Crippen LogP) is 0.435. The Kier molecular flexibility index (Phi) is 4.91. The van der Waals surface area contributed by atoms with Gasteiger partial charge in [-0.2, -0.15) is 5.10 Å². The molecule has 2 fully saturated rings. The van der Waals surface area contributed by atoms with Crippen LogP contribution in [0.5, 0.6) is 0 Å². The number of piperidine rings is 1. The van der Waals surface area contributed by atoms with Crippen LogP contribution < -0.4 is 5.32 Å². The summed E-state index contributed by atoms with van der Waals surface area (Å²) in [6.45, 7) is 1.46. The molecule has 2 aromatic heterocycles. The third-order valence-corrected chi connectivity index (χ3v) is 5.49. The van der Waals surface area contributed by atoms with Crippen molar-refractivity contribution in [1.82, 2.24) is 34.8 Å². The van der Waals surface area contributed by atoms with E-state index in [1.807, 2.05) is 28.6 Å². The largest absolute Gasteiger partial charge is 0.352 e. The van der Waals surface area contributed by atoms with Crippen molar-refractivity contribution < 1.29 is 9.59 Å². The number of carbonyl (C=O) groups is 2. The van der Waals surface area contributed by atoms with Crippen LogP contribution in [0.2, 0.25) is 0 Å². The number of hydrogen-bond donors (Lipinski definition) is 1. The summed E-state index contributed by atoms with van der Waals surface area (Å²) in [5.74, 6) is 2.15. The fraction of sp³-hybridized carbons (Fsp3) is 0.611. The van der Waals surface area contributed by atoms with Crippen LogP contribution in [0.4, 0.5) is 0 Å². The summed E-state index contributed by atoms with van der Waals surface area (Å²) >= 11 is 0. The molecule has 2 aliphatic rings. The maximum absolute atomic E-state index is 12.2. The van der Waals surface area contributed by atoms with Gasteiger partial charge in [-0.1, -0.05) is 0 Å². The van der Waals surface area contributed by atoms with E-state index in [9.17, 15) is 9.59 Å².